The minimum absolute atomic E-state index is 0.256. The van der Waals surface area contributed by atoms with E-state index in [1.54, 1.807) is 18.6 Å². The second-order valence-corrected chi connectivity index (χ2v) is 4.06. The maximum absolute atomic E-state index is 9.30. The molecular formula is C14H10N6. The van der Waals surface area contributed by atoms with Crippen molar-refractivity contribution < 1.29 is 0 Å². The van der Waals surface area contributed by atoms with Gasteiger partial charge in [0.25, 0.3) is 0 Å². The molecule has 0 spiro atoms. The Morgan fingerprint density at radius 2 is 1.95 bits per heavy atom. The Morgan fingerprint density at radius 1 is 1.15 bits per heavy atom. The van der Waals surface area contributed by atoms with Crippen LogP contribution in [-0.4, -0.2) is 19.7 Å². The molecule has 0 fully saturated rings. The summed E-state index contributed by atoms with van der Waals surface area (Å²) in [6, 6.07) is 11.5. The Labute approximate surface area is 115 Å². The zero-order valence-electron chi connectivity index (χ0n) is 10.4. The van der Waals surface area contributed by atoms with Crippen LogP contribution in [0.3, 0.4) is 0 Å². The fourth-order valence-corrected chi connectivity index (χ4v) is 1.91. The largest absolute Gasteiger partial charge is 0.382 e. The normalized spacial score (nSPS) is 10.2. The lowest BCUT2D eigenvalue weighted by atomic mass is 10.1. The predicted molar refractivity (Wildman–Crippen MR) is 73.7 cm³/mol. The van der Waals surface area contributed by atoms with Crippen LogP contribution in [0.4, 0.5) is 5.82 Å². The van der Waals surface area contributed by atoms with E-state index in [2.05, 4.69) is 21.1 Å². The molecule has 2 aromatic heterocycles. The highest BCUT2D eigenvalue weighted by molar-refractivity contribution is 5.73. The first-order chi connectivity index (χ1) is 9.81. The lowest BCUT2D eigenvalue weighted by molar-refractivity contribution is 0.851. The summed E-state index contributed by atoms with van der Waals surface area (Å²) in [5.74, 6) is 0.732. The van der Waals surface area contributed by atoms with Gasteiger partial charge in [0.05, 0.1) is 6.20 Å². The zero-order valence-corrected chi connectivity index (χ0v) is 10.4. The molecule has 0 aliphatic carbocycles. The second kappa shape index (κ2) is 4.82. The van der Waals surface area contributed by atoms with Crippen LogP contribution in [-0.2, 0) is 0 Å². The first-order valence-electron chi connectivity index (χ1n) is 5.91. The van der Waals surface area contributed by atoms with E-state index < -0.39 is 0 Å². The summed E-state index contributed by atoms with van der Waals surface area (Å²) in [5.41, 5.74) is 7.70. The van der Waals surface area contributed by atoms with E-state index in [9.17, 15) is 5.26 Å². The maximum atomic E-state index is 9.30. The molecular weight excluding hydrogens is 252 g/mol. The monoisotopic (exact) mass is 262 g/mol. The third-order valence-corrected chi connectivity index (χ3v) is 2.85. The molecule has 0 saturated carbocycles. The number of nitriles is 1. The number of anilines is 1. The highest BCUT2D eigenvalue weighted by atomic mass is 15.3. The van der Waals surface area contributed by atoms with Gasteiger partial charge in [-0.1, -0.05) is 30.3 Å². The summed E-state index contributed by atoms with van der Waals surface area (Å²) in [6.07, 6.45) is 4.65. The number of hydrogen-bond acceptors (Lipinski definition) is 5. The minimum atomic E-state index is 0.256. The molecule has 96 valence electrons. The molecule has 0 bridgehead atoms. The molecule has 6 heteroatoms. The fraction of sp³-hybridized carbons (Fsp3) is 0. The van der Waals surface area contributed by atoms with E-state index in [4.69, 9.17) is 5.73 Å². The van der Waals surface area contributed by atoms with Gasteiger partial charge >= 0.3 is 0 Å². The van der Waals surface area contributed by atoms with Gasteiger partial charge in [-0.25, -0.2) is 4.98 Å². The second-order valence-electron chi connectivity index (χ2n) is 4.06. The third-order valence-electron chi connectivity index (χ3n) is 2.85. The number of nitrogens with zero attached hydrogens (tertiary/aromatic N) is 5. The van der Waals surface area contributed by atoms with Gasteiger partial charge in [-0.05, 0) is 0 Å². The van der Waals surface area contributed by atoms with Crippen molar-refractivity contribution >= 4 is 5.82 Å². The van der Waals surface area contributed by atoms with Gasteiger partial charge in [-0.2, -0.15) is 15.0 Å². The Kier molecular flexibility index (Phi) is 2.86. The molecule has 6 nitrogen and oxygen atoms in total. The molecule has 0 unspecified atom stereocenters. The van der Waals surface area contributed by atoms with Crippen molar-refractivity contribution in [3.05, 3.63) is 54.5 Å². The van der Waals surface area contributed by atoms with Gasteiger partial charge in [-0.15, -0.1) is 0 Å². The van der Waals surface area contributed by atoms with Crippen molar-refractivity contribution in [3.63, 3.8) is 0 Å². The van der Waals surface area contributed by atoms with Crippen LogP contribution in [0.15, 0.2) is 48.9 Å². The summed E-state index contributed by atoms with van der Waals surface area (Å²) in [6.45, 7) is 0. The number of aromatic nitrogens is 4. The van der Waals surface area contributed by atoms with E-state index in [1.165, 1.54) is 4.68 Å². The summed E-state index contributed by atoms with van der Waals surface area (Å²) >= 11 is 0. The Balaban J connectivity index is 2.22. The number of benzene rings is 1. The zero-order chi connectivity index (χ0) is 13.9. The molecule has 2 N–H and O–H groups in total. The molecule has 2 heterocycles. The lowest BCUT2D eigenvalue weighted by Gasteiger charge is -2.00. The summed E-state index contributed by atoms with van der Waals surface area (Å²) in [4.78, 5) is 8.12. The van der Waals surface area contributed by atoms with E-state index >= 15 is 0 Å². The van der Waals surface area contributed by atoms with Crippen molar-refractivity contribution in [2.75, 3.05) is 5.73 Å². The molecule has 0 amide bonds. The quantitative estimate of drug-likeness (QED) is 0.759. The van der Waals surface area contributed by atoms with Crippen LogP contribution in [0, 0.1) is 11.3 Å². The summed E-state index contributed by atoms with van der Waals surface area (Å²) < 4.78 is 1.42. The van der Waals surface area contributed by atoms with Gasteiger partial charge in [0, 0.05) is 18.0 Å². The molecule has 20 heavy (non-hydrogen) atoms. The highest BCUT2D eigenvalue weighted by Gasteiger charge is 2.18. The van der Waals surface area contributed by atoms with E-state index in [-0.39, 0.29) is 5.82 Å². The van der Waals surface area contributed by atoms with Crippen molar-refractivity contribution in [1.29, 1.82) is 5.26 Å². The first-order valence-corrected chi connectivity index (χ1v) is 5.91. The topological polar surface area (TPSA) is 93.4 Å². The Morgan fingerprint density at radius 3 is 2.60 bits per heavy atom. The van der Waals surface area contributed by atoms with Crippen molar-refractivity contribution in [3.8, 4) is 23.1 Å². The van der Waals surface area contributed by atoms with E-state index in [0.717, 1.165) is 5.56 Å². The number of nitrogens with two attached hydrogens (primary N) is 1. The van der Waals surface area contributed by atoms with Crippen LogP contribution in [0.25, 0.3) is 17.1 Å². The van der Waals surface area contributed by atoms with E-state index in [1.807, 2.05) is 30.3 Å². The van der Waals surface area contributed by atoms with Gasteiger partial charge in [0.2, 0.25) is 0 Å². The minimum Gasteiger partial charge on any atom is -0.382 e. The van der Waals surface area contributed by atoms with E-state index in [0.29, 0.717) is 17.1 Å². The molecule has 0 aliphatic rings. The molecule has 0 aliphatic heterocycles. The Hall–Kier alpha value is -3.20. The van der Waals surface area contributed by atoms with Gasteiger partial charge < -0.3 is 5.73 Å². The Bertz CT molecular complexity index is 771. The fourth-order valence-electron chi connectivity index (χ4n) is 1.91. The highest BCUT2D eigenvalue weighted by Crippen LogP contribution is 2.27. The van der Waals surface area contributed by atoms with Crippen LogP contribution < -0.4 is 5.73 Å². The van der Waals surface area contributed by atoms with Gasteiger partial charge in [0.15, 0.2) is 5.82 Å². The number of rotatable bonds is 2. The smallest absolute Gasteiger partial charge is 0.174 e. The maximum Gasteiger partial charge on any atom is 0.174 e. The van der Waals surface area contributed by atoms with Crippen LogP contribution >= 0.6 is 0 Å². The molecule has 0 saturated heterocycles. The molecule has 3 aromatic rings. The summed E-state index contributed by atoms with van der Waals surface area (Å²) in [5, 5.41) is 13.7. The summed E-state index contributed by atoms with van der Waals surface area (Å²) in [7, 11) is 0. The predicted octanol–water partition coefficient (Wildman–Crippen LogP) is 1.78. The number of nitrogen functional groups attached to an aromatic ring is 1. The lowest BCUT2D eigenvalue weighted by Crippen LogP contribution is -2.04. The van der Waals surface area contributed by atoms with Crippen LogP contribution in [0.1, 0.15) is 5.56 Å². The standard InChI is InChI=1S/C14H10N6/c15-8-11-13(10-4-2-1-3-5-10)19-20(14(11)16)12-9-17-6-7-18-12/h1-7,9H,16H2. The average molecular weight is 262 g/mol. The van der Waals surface area contributed by atoms with Gasteiger partial charge in [-0.3, -0.25) is 4.98 Å². The molecule has 0 atom stereocenters. The van der Waals surface area contributed by atoms with Crippen molar-refractivity contribution in [2.45, 2.75) is 0 Å². The molecule has 3 rings (SSSR count). The molecule has 0 radical (unpaired) electrons. The molecule has 1 aromatic carbocycles. The average Bonchev–Trinajstić information content (AvgIpc) is 2.86. The SMILES string of the molecule is N#Cc1c(-c2ccccc2)nn(-c2cnccn2)c1N. The van der Waals surface area contributed by atoms with Crippen LogP contribution in [0.5, 0.6) is 0 Å². The number of hydrogen-bond donors (Lipinski definition) is 1. The first kappa shape index (κ1) is 11.9. The third kappa shape index (κ3) is 1.87. The van der Waals surface area contributed by atoms with Gasteiger partial charge in [0.1, 0.15) is 23.1 Å². The van der Waals surface area contributed by atoms with Crippen molar-refractivity contribution in [2.24, 2.45) is 0 Å². The van der Waals surface area contributed by atoms with Crippen molar-refractivity contribution in [1.82, 2.24) is 19.7 Å². The van der Waals surface area contributed by atoms with Crippen LogP contribution in [0.2, 0.25) is 0 Å².